The van der Waals surface area contributed by atoms with Crippen molar-refractivity contribution in [3.63, 3.8) is 0 Å². The largest absolute Gasteiger partial charge is 0.490 e. The molecule has 0 spiro atoms. The number of sulfone groups is 1. The van der Waals surface area contributed by atoms with E-state index in [2.05, 4.69) is 9.39 Å². The van der Waals surface area contributed by atoms with E-state index in [0.29, 0.717) is 24.5 Å². The van der Waals surface area contributed by atoms with Gasteiger partial charge >= 0.3 is 0 Å². The van der Waals surface area contributed by atoms with Crippen molar-refractivity contribution in [1.82, 2.24) is 4.90 Å². The lowest BCUT2D eigenvalue weighted by Gasteiger charge is -2.23. The molecule has 0 saturated carbocycles. The van der Waals surface area contributed by atoms with Gasteiger partial charge in [-0.3, -0.25) is 10.2 Å². The van der Waals surface area contributed by atoms with Crippen molar-refractivity contribution in [2.24, 2.45) is 9.39 Å². The van der Waals surface area contributed by atoms with Gasteiger partial charge in [0.25, 0.3) is 5.91 Å². The van der Waals surface area contributed by atoms with Crippen molar-refractivity contribution in [1.29, 1.82) is 5.41 Å². The maximum atomic E-state index is 12.4. The first-order valence-electron chi connectivity index (χ1n) is 9.42. The molecule has 1 amide bonds. The molecule has 2 aromatic rings. The molecule has 0 unspecified atom stereocenters. The van der Waals surface area contributed by atoms with Crippen LogP contribution in [-0.4, -0.2) is 54.9 Å². The number of benzene rings is 2. The lowest BCUT2D eigenvalue weighted by Crippen LogP contribution is -2.45. The first-order chi connectivity index (χ1) is 15.3. The second-order valence-corrected chi connectivity index (χ2v) is 9.40. The number of para-hydroxylation sites is 1. The third-order valence-electron chi connectivity index (χ3n) is 4.38. The third kappa shape index (κ3) is 4.73. The van der Waals surface area contributed by atoms with Gasteiger partial charge in [0.2, 0.25) is 20.2 Å². The minimum absolute atomic E-state index is 0.0301. The Morgan fingerprint density at radius 1 is 1.03 bits per heavy atom. The molecule has 2 aliphatic rings. The number of nitrogens with one attached hydrogen (secondary N) is 1. The number of hydrogen-bond acceptors (Lipinski definition) is 8. The average molecular weight is 471 g/mol. The van der Waals surface area contributed by atoms with Gasteiger partial charge in [-0.05, 0) is 35.9 Å². The topological polar surface area (TPSA) is 121 Å². The van der Waals surface area contributed by atoms with Crippen LogP contribution in [0.1, 0.15) is 5.56 Å². The number of rotatable bonds is 6. The van der Waals surface area contributed by atoms with Crippen molar-refractivity contribution in [2.45, 2.75) is 0 Å². The first kappa shape index (κ1) is 21.8. The highest BCUT2D eigenvalue weighted by molar-refractivity contribution is 8.16. The van der Waals surface area contributed by atoms with Crippen molar-refractivity contribution in [3.05, 3.63) is 65.7 Å². The molecule has 0 bridgehead atoms. The Bertz CT molecular complexity index is 1250. The van der Waals surface area contributed by atoms with Crippen LogP contribution < -0.4 is 9.47 Å². The van der Waals surface area contributed by atoms with Crippen molar-refractivity contribution < 1.29 is 22.7 Å². The van der Waals surface area contributed by atoms with E-state index in [1.54, 1.807) is 24.3 Å². The quantitative estimate of drug-likeness (QED) is 0.391. The standard InChI is InChI=1S/C21H18N4O5S2/c1-32(27,28)21-24-31-20-23-19(26)17(18(22)25(20)21)13-14-7-9-16(10-8-14)30-12-11-29-15-5-3-2-4-6-15/h2-10,13,22H,11-12H2,1H3. The molecule has 0 aromatic heterocycles. The van der Waals surface area contributed by atoms with Gasteiger partial charge in [0.1, 0.15) is 30.5 Å². The fourth-order valence-corrected chi connectivity index (χ4v) is 4.75. The van der Waals surface area contributed by atoms with E-state index < -0.39 is 15.7 Å². The molecule has 0 aliphatic carbocycles. The molecular weight excluding hydrogens is 452 g/mol. The number of hydrogen-bond donors (Lipinski definition) is 1. The Kier molecular flexibility index (Phi) is 6.10. The molecule has 9 nitrogen and oxygen atoms in total. The molecule has 1 N–H and O–H groups in total. The molecule has 164 valence electrons. The van der Waals surface area contributed by atoms with Gasteiger partial charge < -0.3 is 9.47 Å². The smallest absolute Gasteiger partial charge is 0.283 e. The lowest BCUT2D eigenvalue weighted by molar-refractivity contribution is -0.114. The predicted molar refractivity (Wildman–Crippen MR) is 124 cm³/mol. The number of amides is 1. The summed E-state index contributed by atoms with van der Waals surface area (Å²) >= 11 is 0.756. The van der Waals surface area contributed by atoms with E-state index >= 15 is 0 Å². The van der Waals surface area contributed by atoms with Gasteiger partial charge in [-0.2, -0.15) is 9.39 Å². The molecule has 0 fully saturated rings. The highest BCUT2D eigenvalue weighted by Crippen LogP contribution is 2.29. The fourth-order valence-electron chi connectivity index (χ4n) is 2.90. The van der Waals surface area contributed by atoms with Crippen molar-refractivity contribution >= 4 is 49.9 Å². The summed E-state index contributed by atoms with van der Waals surface area (Å²) in [4.78, 5) is 17.3. The van der Waals surface area contributed by atoms with Crippen LogP contribution in [0.3, 0.4) is 0 Å². The number of fused-ring (bicyclic) bond motifs is 1. The molecule has 2 aliphatic heterocycles. The fraction of sp³-hybridized carbons (Fsp3) is 0.143. The molecule has 2 heterocycles. The summed E-state index contributed by atoms with van der Waals surface area (Å²) in [7, 11) is -3.69. The van der Waals surface area contributed by atoms with Gasteiger partial charge in [-0.25, -0.2) is 13.3 Å². The van der Waals surface area contributed by atoms with Gasteiger partial charge in [0.05, 0.1) is 17.5 Å². The highest BCUT2D eigenvalue weighted by atomic mass is 32.2. The molecule has 0 atom stereocenters. The number of carbonyl (C=O) groups excluding carboxylic acids is 1. The van der Waals surface area contributed by atoms with Crippen molar-refractivity contribution in [3.8, 4) is 11.5 Å². The van der Waals surface area contributed by atoms with E-state index in [1.807, 2.05) is 30.3 Å². The van der Waals surface area contributed by atoms with Crippen LogP contribution in [0.2, 0.25) is 0 Å². The number of nitrogens with zero attached hydrogens (tertiary/aromatic N) is 3. The third-order valence-corrected chi connectivity index (χ3v) is 6.14. The Morgan fingerprint density at radius 3 is 2.28 bits per heavy atom. The van der Waals surface area contributed by atoms with Crippen LogP contribution in [0.15, 0.2) is 69.6 Å². The van der Waals surface area contributed by atoms with Crippen LogP contribution in [0, 0.1) is 5.41 Å². The first-order valence-corrected chi connectivity index (χ1v) is 12.1. The van der Waals surface area contributed by atoms with Gasteiger partial charge in [-0.15, -0.1) is 0 Å². The second kappa shape index (κ2) is 8.97. The zero-order valence-corrected chi connectivity index (χ0v) is 18.5. The molecule has 32 heavy (non-hydrogen) atoms. The Labute approximate surface area is 189 Å². The van der Waals surface area contributed by atoms with Crippen LogP contribution in [-0.2, 0) is 14.6 Å². The number of amidine groups is 3. The zero-order chi connectivity index (χ0) is 22.7. The summed E-state index contributed by atoms with van der Waals surface area (Å²) in [6, 6.07) is 16.3. The van der Waals surface area contributed by atoms with Crippen LogP contribution in [0.25, 0.3) is 6.08 Å². The van der Waals surface area contributed by atoms with Crippen LogP contribution in [0.4, 0.5) is 0 Å². The molecule has 2 aromatic carbocycles. The Balaban J connectivity index is 1.42. The van der Waals surface area contributed by atoms with E-state index in [9.17, 15) is 13.2 Å². The highest BCUT2D eigenvalue weighted by Gasteiger charge is 2.41. The minimum atomic E-state index is -3.69. The van der Waals surface area contributed by atoms with E-state index in [1.165, 1.54) is 6.08 Å². The van der Waals surface area contributed by atoms with Gasteiger partial charge in [-0.1, -0.05) is 30.3 Å². The monoisotopic (exact) mass is 470 g/mol. The summed E-state index contributed by atoms with van der Waals surface area (Å²) in [6.07, 6.45) is 2.47. The number of ether oxygens (including phenoxy) is 2. The van der Waals surface area contributed by atoms with E-state index in [-0.39, 0.29) is 21.7 Å². The summed E-state index contributed by atoms with van der Waals surface area (Å²) in [6.45, 7) is 0.746. The van der Waals surface area contributed by atoms with Crippen molar-refractivity contribution in [2.75, 3.05) is 19.5 Å². The predicted octanol–water partition coefficient (Wildman–Crippen LogP) is 2.77. The Hall–Kier alpha value is -3.44. The second-order valence-electron chi connectivity index (χ2n) is 6.76. The summed E-state index contributed by atoms with van der Waals surface area (Å²) in [5.74, 6) is 0.477. The number of carbonyl (C=O) groups is 1. The zero-order valence-electron chi connectivity index (χ0n) is 16.9. The lowest BCUT2D eigenvalue weighted by atomic mass is 10.1. The molecule has 0 radical (unpaired) electrons. The molecule has 11 heteroatoms. The molecule has 0 saturated heterocycles. The average Bonchev–Trinajstić information content (AvgIpc) is 3.20. The molecular formula is C21H18N4O5S2. The maximum Gasteiger partial charge on any atom is 0.283 e. The van der Waals surface area contributed by atoms with Gasteiger partial charge in [0, 0.05) is 6.26 Å². The Morgan fingerprint density at radius 2 is 1.66 bits per heavy atom. The SMILES string of the molecule is CS(=O)(=O)C1=NSC2=NC(=O)C(=Cc3ccc(OCCOc4ccccc4)cc3)C(=N)N21. The summed E-state index contributed by atoms with van der Waals surface area (Å²) < 4.78 is 39.0. The van der Waals surface area contributed by atoms with Gasteiger partial charge in [0.15, 0.2) is 0 Å². The maximum absolute atomic E-state index is 12.4. The van der Waals surface area contributed by atoms with Crippen LogP contribution >= 0.6 is 11.9 Å². The van der Waals surface area contributed by atoms with E-state index in [0.717, 1.165) is 28.9 Å². The van der Waals surface area contributed by atoms with E-state index in [4.69, 9.17) is 14.9 Å². The summed E-state index contributed by atoms with van der Waals surface area (Å²) in [5.41, 5.74) is 0.604. The normalized spacial score (nSPS) is 17.2. The van der Waals surface area contributed by atoms with Crippen LogP contribution in [0.5, 0.6) is 11.5 Å². The molecule has 4 rings (SSSR count). The summed E-state index contributed by atoms with van der Waals surface area (Å²) in [5, 5.41) is 8.09. The minimum Gasteiger partial charge on any atom is -0.490 e. The number of aliphatic imine (C=N–C) groups is 1.